The summed E-state index contributed by atoms with van der Waals surface area (Å²) >= 11 is 5.92. The fraction of sp³-hybridized carbons (Fsp3) is 0.150. The van der Waals surface area contributed by atoms with Gasteiger partial charge in [-0.25, -0.2) is 0 Å². The van der Waals surface area contributed by atoms with Crippen molar-refractivity contribution < 1.29 is 28.6 Å². The van der Waals surface area contributed by atoms with Crippen molar-refractivity contribution >= 4 is 45.5 Å². The number of ketones is 2. The number of ether oxygens (including phenoxy) is 2. The first kappa shape index (κ1) is 20.2. The molecule has 0 radical (unpaired) electrons. The number of fused-ring (bicyclic) bond motifs is 1. The maximum absolute atomic E-state index is 13.2. The van der Waals surface area contributed by atoms with Crippen LogP contribution in [0.25, 0.3) is 11.0 Å². The topological polar surface area (TPSA) is 110 Å². The Balaban J connectivity index is 2.13. The summed E-state index contributed by atoms with van der Waals surface area (Å²) in [5.74, 6) is -2.00. The van der Waals surface area contributed by atoms with Crippen LogP contribution >= 0.6 is 11.6 Å². The number of hydrogen-bond donors (Lipinski definition) is 2. The van der Waals surface area contributed by atoms with Crippen LogP contribution in [0.4, 0.5) is 5.69 Å². The van der Waals surface area contributed by atoms with Gasteiger partial charge in [-0.3, -0.25) is 15.0 Å². The number of aromatic hydroxyl groups is 1. The van der Waals surface area contributed by atoms with Crippen LogP contribution in [0.2, 0.25) is 5.02 Å². The van der Waals surface area contributed by atoms with Gasteiger partial charge in [0.25, 0.3) is 0 Å². The molecular formula is C20H17ClN2O6. The average molecular weight is 417 g/mol. The van der Waals surface area contributed by atoms with E-state index in [-0.39, 0.29) is 22.6 Å². The van der Waals surface area contributed by atoms with Crippen molar-refractivity contribution in [2.75, 3.05) is 19.6 Å². The van der Waals surface area contributed by atoms with Gasteiger partial charge in [-0.1, -0.05) is 17.7 Å². The van der Waals surface area contributed by atoms with Crippen LogP contribution in [0.1, 0.15) is 17.3 Å². The highest BCUT2D eigenvalue weighted by atomic mass is 35.5. The van der Waals surface area contributed by atoms with Crippen molar-refractivity contribution in [3.63, 3.8) is 0 Å². The number of phenolic OH excluding ortho intramolecular Hbond substituents is 1. The summed E-state index contributed by atoms with van der Waals surface area (Å²) in [4.78, 5) is 25.3. The van der Waals surface area contributed by atoms with Crippen molar-refractivity contribution in [1.82, 2.24) is 0 Å². The molecule has 0 amide bonds. The van der Waals surface area contributed by atoms with Crippen LogP contribution in [0.3, 0.4) is 0 Å². The molecule has 150 valence electrons. The van der Waals surface area contributed by atoms with Gasteiger partial charge >= 0.3 is 0 Å². The van der Waals surface area contributed by atoms with Gasteiger partial charge in [0.1, 0.15) is 11.3 Å². The lowest BCUT2D eigenvalue weighted by Gasteiger charge is -2.14. The molecule has 0 unspecified atom stereocenters. The van der Waals surface area contributed by atoms with Gasteiger partial charge in [-0.15, -0.1) is 0 Å². The molecule has 29 heavy (non-hydrogen) atoms. The molecular weight excluding hydrogens is 400 g/mol. The summed E-state index contributed by atoms with van der Waals surface area (Å²) in [6.45, 7) is 1.19. The van der Waals surface area contributed by atoms with E-state index < -0.39 is 23.0 Å². The Kier molecular flexibility index (Phi) is 5.74. The van der Waals surface area contributed by atoms with E-state index in [4.69, 9.17) is 25.5 Å². The number of carbonyl (C=O) groups excluding carboxylic acids is 2. The zero-order valence-electron chi connectivity index (χ0n) is 15.8. The van der Waals surface area contributed by atoms with Gasteiger partial charge < -0.3 is 19.0 Å². The number of nitrogens with zero attached hydrogens (tertiary/aromatic N) is 1. The predicted molar refractivity (Wildman–Crippen MR) is 109 cm³/mol. The Morgan fingerprint density at radius 2 is 1.90 bits per heavy atom. The number of anilines is 1. The molecule has 2 N–H and O–H groups in total. The van der Waals surface area contributed by atoms with Crippen LogP contribution in [-0.2, 0) is 4.79 Å². The Hall–Kier alpha value is -3.52. The Bertz CT molecular complexity index is 1140. The monoisotopic (exact) mass is 416 g/mol. The molecule has 2 aromatic carbocycles. The summed E-state index contributed by atoms with van der Waals surface area (Å²) in [5.41, 5.74) is 2.60. The van der Waals surface area contributed by atoms with Crippen molar-refractivity contribution in [1.29, 1.82) is 0 Å². The second-order valence-corrected chi connectivity index (χ2v) is 6.36. The normalized spacial score (nSPS) is 11.4. The molecule has 0 atom stereocenters. The Morgan fingerprint density at radius 1 is 1.17 bits per heavy atom. The molecule has 1 aromatic heterocycles. The molecule has 0 bridgehead atoms. The lowest BCUT2D eigenvalue weighted by Crippen LogP contribution is -2.24. The van der Waals surface area contributed by atoms with Crippen molar-refractivity contribution in [3.8, 4) is 17.2 Å². The quantitative estimate of drug-likeness (QED) is 0.259. The van der Waals surface area contributed by atoms with E-state index in [1.54, 1.807) is 30.3 Å². The maximum atomic E-state index is 13.2. The predicted octanol–water partition coefficient (Wildman–Crippen LogP) is 4.05. The first-order valence-electron chi connectivity index (χ1n) is 8.38. The first-order chi connectivity index (χ1) is 13.9. The van der Waals surface area contributed by atoms with Gasteiger partial charge in [-0.2, -0.15) is 5.10 Å². The second-order valence-electron chi connectivity index (χ2n) is 5.92. The lowest BCUT2D eigenvalue weighted by atomic mass is 9.99. The standard InChI is InChI=1S/C20H17ClN2O6/c1-10(24)15(23-22-12-6-4-5-11(21)9-12)16(25)14-17(26)20(28-3)19-13(7-8-29-19)18(14)27-2/h4-9,22,26H,1-3H3/b23-15+. The molecule has 0 saturated heterocycles. The summed E-state index contributed by atoms with van der Waals surface area (Å²) < 4.78 is 15.8. The number of nitrogens with one attached hydrogen (secondary N) is 1. The number of rotatable bonds is 7. The van der Waals surface area contributed by atoms with Crippen LogP contribution in [0.5, 0.6) is 17.2 Å². The van der Waals surface area contributed by atoms with E-state index in [1.165, 1.54) is 27.4 Å². The fourth-order valence-electron chi connectivity index (χ4n) is 2.83. The lowest BCUT2D eigenvalue weighted by molar-refractivity contribution is -0.111. The highest BCUT2D eigenvalue weighted by molar-refractivity contribution is 6.69. The van der Waals surface area contributed by atoms with Gasteiger partial charge in [0.2, 0.25) is 11.5 Å². The van der Waals surface area contributed by atoms with E-state index in [0.717, 1.165) is 0 Å². The molecule has 0 aliphatic carbocycles. The third-order valence-corrected chi connectivity index (χ3v) is 4.34. The zero-order valence-corrected chi connectivity index (χ0v) is 16.5. The minimum absolute atomic E-state index is 0.0359. The number of hydrogen-bond acceptors (Lipinski definition) is 8. The smallest absolute Gasteiger partial charge is 0.224 e. The molecule has 3 aromatic rings. The molecule has 0 spiro atoms. The van der Waals surface area contributed by atoms with Gasteiger partial charge in [0, 0.05) is 11.9 Å². The Morgan fingerprint density at radius 3 is 2.52 bits per heavy atom. The highest BCUT2D eigenvalue weighted by Gasteiger charge is 2.31. The van der Waals surface area contributed by atoms with Gasteiger partial charge in [0.15, 0.2) is 22.8 Å². The summed E-state index contributed by atoms with van der Waals surface area (Å²) in [6.07, 6.45) is 1.37. The summed E-state index contributed by atoms with van der Waals surface area (Å²) in [6, 6.07) is 8.15. The largest absolute Gasteiger partial charge is 0.504 e. The number of furan rings is 1. The molecule has 0 aliphatic rings. The van der Waals surface area contributed by atoms with E-state index in [9.17, 15) is 14.7 Å². The average Bonchev–Trinajstić information content (AvgIpc) is 3.16. The minimum atomic E-state index is -0.845. The molecule has 8 nitrogen and oxygen atoms in total. The molecule has 0 fully saturated rings. The van der Waals surface area contributed by atoms with Crippen LogP contribution in [-0.4, -0.2) is 36.6 Å². The van der Waals surface area contributed by atoms with Gasteiger partial charge in [-0.05, 0) is 24.3 Å². The number of benzene rings is 2. The first-order valence-corrected chi connectivity index (χ1v) is 8.75. The van der Waals surface area contributed by atoms with Gasteiger partial charge in [0.05, 0.1) is 31.6 Å². The molecule has 0 aliphatic heterocycles. The Labute approximate surface area is 170 Å². The summed E-state index contributed by atoms with van der Waals surface area (Å²) in [5, 5.41) is 15.4. The van der Waals surface area contributed by atoms with Crippen molar-refractivity contribution in [2.45, 2.75) is 6.92 Å². The third-order valence-electron chi connectivity index (χ3n) is 4.10. The van der Waals surface area contributed by atoms with Crippen molar-refractivity contribution in [2.24, 2.45) is 5.10 Å². The van der Waals surface area contributed by atoms with Crippen LogP contribution in [0, 0.1) is 0 Å². The number of Topliss-reactive ketones (excluding diaryl/α,β-unsaturated/α-hetero) is 2. The molecule has 0 saturated carbocycles. The highest BCUT2D eigenvalue weighted by Crippen LogP contribution is 2.45. The summed E-state index contributed by atoms with van der Waals surface area (Å²) in [7, 11) is 2.65. The van der Waals surface area contributed by atoms with E-state index >= 15 is 0 Å². The maximum Gasteiger partial charge on any atom is 0.224 e. The van der Waals surface area contributed by atoms with Crippen LogP contribution < -0.4 is 14.9 Å². The van der Waals surface area contributed by atoms with E-state index in [1.807, 2.05) is 0 Å². The van der Waals surface area contributed by atoms with E-state index in [0.29, 0.717) is 16.1 Å². The number of carbonyl (C=O) groups is 2. The number of halogens is 1. The van der Waals surface area contributed by atoms with Crippen LogP contribution in [0.15, 0.2) is 46.1 Å². The minimum Gasteiger partial charge on any atom is -0.504 e. The number of hydrazone groups is 1. The number of phenols is 1. The van der Waals surface area contributed by atoms with Crippen molar-refractivity contribution in [3.05, 3.63) is 47.2 Å². The second kappa shape index (κ2) is 8.24. The molecule has 9 heteroatoms. The molecule has 1 heterocycles. The fourth-order valence-corrected chi connectivity index (χ4v) is 3.02. The number of methoxy groups -OCH3 is 2. The zero-order chi connectivity index (χ0) is 21.1. The third kappa shape index (κ3) is 3.74. The SMILES string of the molecule is COc1c(C(=O)/C(=N/Nc2cccc(Cl)c2)C(C)=O)c(O)c(OC)c2occc12. The molecule has 3 rings (SSSR count). The van der Waals surface area contributed by atoms with E-state index in [2.05, 4.69) is 10.5 Å².